The molecule has 1 aromatic rings. The molecule has 1 aromatic carbocycles. The summed E-state index contributed by atoms with van der Waals surface area (Å²) in [6, 6.07) is 5.05. The molecule has 0 radical (unpaired) electrons. The maximum atomic E-state index is 12.0. The first kappa shape index (κ1) is 17.3. The summed E-state index contributed by atoms with van der Waals surface area (Å²) in [5.41, 5.74) is 6.60. The van der Waals surface area contributed by atoms with Gasteiger partial charge in [0.25, 0.3) is 0 Å². The van der Waals surface area contributed by atoms with Crippen molar-refractivity contribution in [3.8, 4) is 11.5 Å². The second-order valence-electron chi connectivity index (χ2n) is 5.98. The number of nitrogens with two attached hydrogens (primary N) is 1. The molecule has 0 spiro atoms. The van der Waals surface area contributed by atoms with Crippen molar-refractivity contribution >= 4 is 5.91 Å². The zero-order valence-corrected chi connectivity index (χ0v) is 13.5. The van der Waals surface area contributed by atoms with Crippen molar-refractivity contribution in [2.75, 3.05) is 13.7 Å². The number of carbonyl (C=O) groups is 1. The van der Waals surface area contributed by atoms with Gasteiger partial charge in [0.15, 0.2) is 11.5 Å². The quantitative estimate of drug-likeness (QED) is 0.842. The van der Waals surface area contributed by atoms with E-state index in [0.717, 1.165) is 5.56 Å². The van der Waals surface area contributed by atoms with E-state index in [1.807, 2.05) is 45.9 Å². The van der Waals surface area contributed by atoms with Gasteiger partial charge < -0.3 is 20.5 Å². The van der Waals surface area contributed by atoms with Gasteiger partial charge in [-0.1, -0.05) is 26.8 Å². The number of carbonyl (C=O) groups excluding carboxylic acids is 1. The minimum absolute atomic E-state index is 0.156. The topological polar surface area (TPSA) is 73.6 Å². The van der Waals surface area contributed by atoms with Gasteiger partial charge in [-0.25, -0.2) is 0 Å². The molecule has 0 bridgehead atoms. The van der Waals surface area contributed by atoms with Gasteiger partial charge in [-0.2, -0.15) is 0 Å². The van der Waals surface area contributed by atoms with Crippen LogP contribution in [0.15, 0.2) is 18.2 Å². The fraction of sp³-hybridized carbons (Fsp3) is 0.562. The second-order valence-corrected chi connectivity index (χ2v) is 5.98. The van der Waals surface area contributed by atoms with Crippen molar-refractivity contribution in [3.63, 3.8) is 0 Å². The van der Waals surface area contributed by atoms with Crippen LogP contribution in [0.25, 0.3) is 0 Å². The minimum Gasteiger partial charge on any atom is -0.493 e. The maximum absolute atomic E-state index is 12.0. The molecular weight excluding hydrogens is 268 g/mol. The number of benzene rings is 1. The third-order valence-electron chi connectivity index (χ3n) is 3.21. The largest absolute Gasteiger partial charge is 0.493 e. The van der Waals surface area contributed by atoms with E-state index >= 15 is 0 Å². The number of hydrogen-bond acceptors (Lipinski definition) is 4. The molecule has 5 nitrogen and oxygen atoms in total. The van der Waals surface area contributed by atoms with Gasteiger partial charge in [0.1, 0.15) is 0 Å². The molecular formula is C16H26N2O3. The van der Waals surface area contributed by atoms with Crippen molar-refractivity contribution in [1.82, 2.24) is 5.32 Å². The Bertz CT molecular complexity index is 481. The van der Waals surface area contributed by atoms with Crippen molar-refractivity contribution in [2.24, 2.45) is 11.1 Å². The number of methoxy groups -OCH3 is 1. The average Bonchev–Trinajstić information content (AvgIpc) is 2.43. The van der Waals surface area contributed by atoms with E-state index in [-0.39, 0.29) is 11.3 Å². The van der Waals surface area contributed by atoms with Crippen LogP contribution in [0.2, 0.25) is 0 Å². The van der Waals surface area contributed by atoms with Crippen LogP contribution in [0.5, 0.6) is 11.5 Å². The molecule has 0 heterocycles. The summed E-state index contributed by atoms with van der Waals surface area (Å²) in [6.07, 6.45) is 0. The third kappa shape index (κ3) is 4.93. The third-order valence-corrected chi connectivity index (χ3v) is 3.21. The summed E-state index contributed by atoms with van der Waals surface area (Å²) >= 11 is 0. The fourth-order valence-corrected chi connectivity index (χ4v) is 1.79. The lowest BCUT2D eigenvalue weighted by molar-refractivity contribution is -0.124. The highest BCUT2D eigenvalue weighted by Crippen LogP contribution is 2.28. The molecule has 0 saturated heterocycles. The molecule has 3 N–H and O–H groups in total. The molecule has 0 saturated carbocycles. The van der Waals surface area contributed by atoms with Crippen LogP contribution in [-0.2, 0) is 11.3 Å². The monoisotopic (exact) mass is 294 g/mol. The van der Waals surface area contributed by atoms with Crippen molar-refractivity contribution < 1.29 is 14.3 Å². The molecule has 1 rings (SSSR count). The molecule has 118 valence electrons. The number of rotatable bonds is 6. The lowest BCUT2D eigenvalue weighted by atomic mass is 9.87. The van der Waals surface area contributed by atoms with Crippen LogP contribution in [-0.4, -0.2) is 25.7 Å². The first-order valence-corrected chi connectivity index (χ1v) is 7.12. The van der Waals surface area contributed by atoms with Crippen LogP contribution in [0, 0.1) is 5.41 Å². The average molecular weight is 294 g/mol. The molecule has 21 heavy (non-hydrogen) atoms. The predicted octanol–water partition coefficient (Wildman–Crippen LogP) is 2.08. The SMILES string of the molecule is CCOc1cc(CNC(=O)[C@@H](N)C(C)(C)C)ccc1OC. The lowest BCUT2D eigenvalue weighted by Crippen LogP contribution is -2.48. The summed E-state index contributed by atoms with van der Waals surface area (Å²) in [4.78, 5) is 12.0. The summed E-state index contributed by atoms with van der Waals surface area (Å²) in [7, 11) is 1.60. The Balaban J connectivity index is 2.71. The zero-order chi connectivity index (χ0) is 16.0. The Kier molecular flexibility index (Phi) is 6.03. The van der Waals surface area contributed by atoms with Crippen LogP contribution >= 0.6 is 0 Å². The summed E-state index contributed by atoms with van der Waals surface area (Å²) in [5.74, 6) is 1.20. The van der Waals surface area contributed by atoms with Crippen molar-refractivity contribution in [1.29, 1.82) is 0 Å². The van der Waals surface area contributed by atoms with E-state index in [4.69, 9.17) is 15.2 Å². The van der Waals surface area contributed by atoms with Gasteiger partial charge >= 0.3 is 0 Å². The predicted molar refractivity (Wildman–Crippen MR) is 83.4 cm³/mol. The maximum Gasteiger partial charge on any atom is 0.237 e. The standard InChI is InChI=1S/C16H26N2O3/c1-6-21-13-9-11(7-8-12(13)20-5)10-18-15(19)14(17)16(2,3)4/h7-9,14H,6,10,17H2,1-5H3,(H,18,19)/t14-/m1/s1. The van der Waals surface area contributed by atoms with E-state index in [1.54, 1.807) is 7.11 Å². The number of hydrogen-bond donors (Lipinski definition) is 2. The molecule has 0 unspecified atom stereocenters. The molecule has 0 fully saturated rings. The molecule has 1 atom stereocenters. The van der Waals surface area contributed by atoms with E-state index in [1.165, 1.54) is 0 Å². The highest BCUT2D eigenvalue weighted by Gasteiger charge is 2.27. The van der Waals surface area contributed by atoms with Crippen molar-refractivity contribution in [3.05, 3.63) is 23.8 Å². The van der Waals surface area contributed by atoms with E-state index in [9.17, 15) is 4.79 Å². The Morgan fingerprint density at radius 1 is 1.33 bits per heavy atom. The first-order chi connectivity index (χ1) is 9.79. The van der Waals surface area contributed by atoms with Gasteiger partial charge in [0.05, 0.1) is 19.8 Å². The highest BCUT2D eigenvalue weighted by molar-refractivity contribution is 5.82. The second kappa shape index (κ2) is 7.31. The lowest BCUT2D eigenvalue weighted by Gasteiger charge is -2.25. The zero-order valence-electron chi connectivity index (χ0n) is 13.5. The highest BCUT2D eigenvalue weighted by atomic mass is 16.5. The minimum atomic E-state index is -0.540. The first-order valence-electron chi connectivity index (χ1n) is 7.12. The summed E-state index contributed by atoms with van der Waals surface area (Å²) in [5, 5.41) is 2.85. The van der Waals surface area contributed by atoms with Crippen LogP contribution < -0.4 is 20.5 Å². The Hall–Kier alpha value is -1.75. The van der Waals surface area contributed by atoms with Crippen LogP contribution in [0.4, 0.5) is 0 Å². The molecule has 5 heteroatoms. The van der Waals surface area contributed by atoms with Gasteiger partial charge in [-0.15, -0.1) is 0 Å². The van der Waals surface area contributed by atoms with Crippen LogP contribution in [0.1, 0.15) is 33.3 Å². The summed E-state index contributed by atoms with van der Waals surface area (Å²) in [6.45, 7) is 8.71. The number of nitrogens with one attached hydrogen (secondary N) is 1. The molecule has 0 aliphatic heterocycles. The summed E-state index contributed by atoms with van der Waals surface area (Å²) < 4.78 is 10.7. The normalized spacial score (nSPS) is 12.7. The molecule has 0 aliphatic carbocycles. The van der Waals surface area contributed by atoms with Crippen LogP contribution in [0.3, 0.4) is 0 Å². The molecule has 0 aliphatic rings. The fourth-order valence-electron chi connectivity index (χ4n) is 1.79. The Labute approximate surface area is 126 Å². The Morgan fingerprint density at radius 2 is 2.00 bits per heavy atom. The van der Waals surface area contributed by atoms with E-state index in [0.29, 0.717) is 24.7 Å². The Morgan fingerprint density at radius 3 is 2.52 bits per heavy atom. The van der Waals surface area contributed by atoms with Gasteiger partial charge in [0, 0.05) is 6.54 Å². The van der Waals surface area contributed by atoms with E-state index in [2.05, 4.69) is 5.32 Å². The number of ether oxygens (including phenoxy) is 2. The number of amides is 1. The van der Waals surface area contributed by atoms with Gasteiger partial charge in [-0.3, -0.25) is 4.79 Å². The van der Waals surface area contributed by atoms with Gasteiger partial charge in [-0.05, 0) is 30.0 Å². The van der Waals surface area contributed by atoms with E-state index < -0.39 is 6.04 Å². The van der Waals surface area contributed by atoms with Crippen molar-refractivity contribution in [2.45, 2.75) is 40.3 Å². The smallest absolute Gasteiger partial charge is 0.237 e. The van der Waals surface area contributed by atoms with Gasteiger partial charge in [0.2, 0.25) is 5.91 Å². The molecule has 1 amide bonds. The molecule has 0 aromatic heterocycles.